The number of benzene rings is 1. The third-order valence-corrected chi connectivity index (χ3v) is 6.29. The smallest absolute Gasteiger partial charge is 0.315 e. The van der Waals surface area contributed by atoms with E-state index in [0.717, 1.165) is 24.8 Å². The predicted molar refractivity (Wildman–Crippen MR) is 80.7 cm³/mol. The van der Waals surface area contributed by atoms with Gasteiger partial charge in [-0.05, 0) is 43.4 Å². The summed E-state index contributed by atoms with van der Waals surface area (Å²) in [6.07, 6.45) is 3.05. The molecule has 1 heterocycles. The lowest BCUT2D eigenvalue weighted by atomic mass is 9.72. The second-order valence-corrected chi connectivity index (χ2v) is 8.37. The molecule has 2 N–H and O–H groups in total. The SMILES string of the molecule is O=C(NC1CCS(=O)(=O)C1)NC1(c2ccc(F)cc2)CCC1. The second kappa shape index (κ2) is 5.53. The van der Waals surface area contributed by atoms with Gasteiger partial charge in [0.15, 0.2) is 9.84 Å². The van der Waals surface area contributed by atoms with E-state index in [4.69, 9.17) is 0 Å². The molecule has 2 fully saturated rings. The van der Waals surface area contributed by atoms with Crippen molar-refractivity contribution in [2.24, 2.45) is 0 Å². The molecule has 2 aliphatic rings. The maximum Gasteiger partial charge on any atom is 0.315 e. The van der Waals surface area contributed by atoms with Crippen LogP contribution in [-0.2, 0) is 15.4 Å². The fourth-order valence-corrected chi connectivity index (χ4v) is 4.81. The normalized spacial score (nSPS) is 25.2. The number of amides is 2. The van der Waals surface area contributed by atoms with Gasteiger partial charge in [0.2, 0.25) is 0 Å². The number of hydrogen-bond acceptors (Lipinski definition) is 3. The lowest BCUT2D eigenvalue weighted by Crippen LogP contribution is -2.55. The molecule has 1 aliphatic carbocycles. The summed E-state index contributed by atoms with van der Waals surface area (Å²) < 4.78 is 35.9. The Morgan fingerprint density at radius 2 is 1.91 bits per heavy atom. The van der Waals surface area contributed by atoms with Gasteiger partial charge in [-0.1, -0.05) is 12.1 Å². The third-order valence-electron chi connectivity index (χ3n) is 4.52. The largest absolute Gasteiger partial charge is 0.334 e. The summed E-state index contributed by atoms with van der Waals surface area (Å²) in [6, 6.07) is 5.47. The van der Waals surface area contributed by atoms with Crippen LogP contribution in [0.1, 0.15) is 31.2 Å². The Morgan fingerprint density at radius 1 is 1.23 bits per heavy atom. The summed E-state index contributed by atoms with van der Waals surface area (Å²) >= 11 is 0. The van der Waals surface area contributed by atoms with Crippen LogP contribution in [0.5, 0.6) is 0 Å². The highest BCUT2D eigenvalue weighted by Gasteiger charge is 2.40. The van der Waals surface area contributed by atoms with Crippen molar-refractivity contribution in [3.63, 3.8) is 0 Å². The molecule has 1 saturated heterocycles. The third kappa shape index (κ3) is 3.09. The number of carbonyl (C=O) groups excluding carboxylic acids is 1. The first-order valence-corrected chi connectivity index (χ1v) is 9.26. The van der Waals surface area contributed by atoms with Crippen molar-refractivity contribution < 1.29 is 17.6 Å². The van der Waals surface area contributed by atoms with E-state index in [1.807, 2.05) is 0 Å². The minimum absolute atomic E-state index is 0.00394. The summed E-state index contributed by atoms with van der Waals surface area (Å²) in [7, 11) is -3.02. The molecule has 0 aromatic heterocycles. The monoisotopic (exact) mass is 326 g/mol. The van der Waals surface area contributed by atoms with Crippen LogP contribution in [0.3, 0.4) is 0 Å². The van der Waals surface area contributed by atoms with Crippen molar-refractivity contribution in [1.82, 2.24) is 10.6 Å². The molecular weight excluding hydrogens is 307 g/mol. The van der Waals surface area contributed by atoms with E-state index in [1.54, 1.807) is 12.1 Å². The van der Waals surface area contributed by atoms with E-state index in [0.29, 0.717) is 6.42 Å². The highest BCUT2D eigenvalue weighted by atomic mass is 32.2. The molecule has 0 spiro atoms. The number of sulfone groups is 1. The molecule has 0 bridgehead atoms. The molecule has 0 radical (unpaired) electrons. The van der Waals surface area contributed by atoms with Gasteiger partial charge in [-0.2, -0.15) is 0 Å². The van der Waals surface area contributed by atoms with Crippen molar-refractivity contribution in [1.29, 1.82) is 0 Å². The Balaban J connectivity index is 1.65. The molecule has 1 aromatic carbocycles. The van der Waals surface area contributed by atoms with E-state index in [2.05, 4.69) is 10.6 Å². The van der Waals surface area contributed by atoms with Gasteiger partial charge in [0.1, 0.15) is 5.82 Å². The van der Waals surface area contributed by atoms with Gasteiger partial charge in [0.05, 0.1) is 17.0 Å². The predicted octanol–water partition coefficient (Wildman–Crippen LogP) is 1.69. The molecule has 22 heavy (non-hydrogen) atoms. The Labute approximate surface area is 129 Å². The Kier molecular flexibility index (Phi) is 3.84. The minimum atomic E-state index is -3.02. The fourth-order valence-electron chi connectivity index (χ4n) is 3.13. The summed E-state index contributed by atoms with van der Waals surface area (Å²) in [5, 5.41) is 5.69. The first-order valence-electron chi connectivity index (χ1n) is 7.44. The molecule has 1 aliphatic heterocycles. The van der Waals surface area contributed by atoms with Gasteiger partial charge >= 0.3 is 6.03 Å². The van der Waals surface area contributed by atoms with Gasteiger partial charge in [0.25, 0.3) is 0 Å². The average Bonchev–Trinajstić information content (AvgIpc) is 2.74. The summed E-state index contributed by atoms with van der Waals surface area (Å²) in [6.45, 7) is 0. The van der Waals surface area contributed by atoms with Crippen molar-refractivity contribution in [2.75, 3.05) is 11.5 Å². The standard InChI is InChI=1S/C15H19FN2O3S/c16-12-4-2-11(3-5-12)15(7-1-8-15)18-14(19)17-13-6-9-22(20,21)10-13/h2-5,13H,1,6-10H2,(H2,17,18,19). The van der Waals surface area contributed by atoms with E-state index in [9.17, 15) is 17.6 Å². The molecule has 1 aromatic rings. The van der Waals surface area contributed by atoms with Crippen molar-refractivity contribution in [3.05, 3.63) is 35.6 Å². The van der Waals surface area contributed by atoms with Gasteiger partial charge in [-0.25, -0.2) is 17.6 Å². The first-order chi connectivity index (χ1) is 10.4. The summed E-state index contributed by atoms with van der Waals surface area (Å²) in [4.78, 5) is 12.2. The van der Waals surface area contributed by atoms with E-state index >= 15 is 0 Å². The molecule has 2 amide bonds. The molecule has 3 rings (SSSR count). The van der Waals surface area contributed by atoms with E-state index < -0.39 is 15.4 Å². The quantitative estimate of drug-likeness (QED) is 0.887. The average molecular weight is 326 g/mol. The van der Waals surface area contributed by atoms with Gasteiger partial charge in [0, 0.05) is 6.04 Å². The van der Waals surface area contributed by atoms with Gasteiger partial charge < -0.3 is 10.6 Å². The number of urea groups is 1. The molecule has 1 saturated carbocycles. The lowest BCUT2D eigenvalue weighted by Gasteiger charge is -2.43. The summed E-state index contributed by atoms with van der Waals surface area (Å²) in [5.74, 6) is -0.177. The van der Waals surface area contributed by atoms with Crippen molar-refractivity contribution >= 4 is 15.9 Å². The maximum atomic E-state index is 13.0. The van der Waals surface area contributed by atoms with Crippen LogP contribution < -0.4 is 10.6 Å². The number of carbonyl (C=O) groups is 1. The zero-order valence-electron chi connectivity index (χ0n) is 12.1. The topological polar surface area (TPSA) is 75.3 Å². The van der Waals surface area contributed by atoms with Crippen LogP contribution >= 0.6 is 0 Å². The van der Waals surface area contributed by atoms with Crippen LogP contribution in [0.2, 0.25) is 0 Å². The highest BCUT2D eigenvalue weighted by molar-refractivity contribution is 7.91. The lowest BCUT2D eigenvalue weighted by molar-refractivity contribution is 0.175. The Bertz CT molecular complexity index is 669. The Morgan fingerprint density at radius 3 is 2.41 bits per heavy atom. The van der Waals surface area contributed by atoms with Crippen LogP contribution in [-0.4, -0.2) is 32.0 Å². The number of halogens is 1. The van der Waals surface area contributed by atoms with Gasteiger partial charge in [-0.15, -0.1) is 0 Å². The number of rotatable bonds is 3. The molecule has 7 heteroatoms. The first kappa shape index (κ1) is 15.3. The van der Waals surface area contributed by atoms with Crippen LogP contribution in [0.4, 0.5) is 9.18 Å². The second-order valence-electron chi connectivity index (χ2n) is 6.14. The molecule has 5 nitrogen and oxygen atoms in total. The van der Waals surface area contributed by atoms with Crippen LogP contribution in [0.25, 0.3) is 0 Å². The maximum absolute atomic E-state index is 13.0. The van der Waals surface area contributed by atoms with Crippen molar-refractivity contribution in [2.45, 2.75) is 37.3 Å². The Hall–Kier alpha value is -1.63. The van der Waals surface area contributed by atoms with E-state index in [-0.39, 0.29) is 29.4 Å². The van der Waals surface area contributed by atoms with Crippen LogP contribution in [0.15, 0.2) is 24.3 Å². The molecule has 1 unspecified atom stereocenters. The van der Waals surface area contributed by atoms with Crippen molar-refractivity contribution in [3.8, 4) is 0 Å². The minimum Gasteiger partial charge on any atom is -0.334 e. The zero-order chi connectivity index (χ0) is 15.8. The van der Waals surface area contributed by atoms with Gasteiger partial charge in [-0.3, -0.25) is 0 Å². The number of nitrogens with one attached hydrogen (secondary N) is 2. The fraction of sp³-hybridized carbons (Fsp3) is 0.533. The van der Waals surface area contributed by atoms with E-state index in [1.165, 1.54) is 12.1 Å². The molecule has 120 valence electrons. The zero-order valence-corrected chi connectivity index (χ0v) is 13.0. The molecular formula is C15H19FN2O3S. The highest BCUT2D eigenvalue weighted by Crippen LogP contribution is 2.41. The molecule has 1 atom stereocenters. The number of hydrogen-bond donors (Lipinski definition) is 2. The summed E-state index contributed by atoms with van der Waals surface area (Å²) in [5.41, 5.74) is 0.421. The van der Waals surface area contributed by atoms with Crippen LogP contribution in [0, 0.1) is 5.82 Å².